The molecule has 0 saturated heterocycles. The predicted octanol–water partition coefficient (Wildman–Crippen LogP) is 3.72. The summed E-state index contributed by atoms with van der Waals surface area (Å²) in [5.74, 6) is 0.545. The molecule has 3 rings (SSSR count). The van der Waals surface area contributed by atoms with Gasteiger partial charge in [0.2, 0.25) is 0 Å². The van der Waals surface area contributed by atoms with Crippen LogP contribution >= 0.6 is 0 Å². The highest BCUT2D eigenvalue weighted by atomic mass is 16.3. The number of aliphatic hydroxyl groups is 2. The van der Waals surface area contributed by atoms with Gasteiger partial charge in [-0.3, -0.25) is 0 Å². The highest BCUT2D eigenvalue weighted by Crippen LogP contribution is 2.41. The summed E-state index contributed by atoms with van der Waals surface area (Å²) >= 11 is 0. The summed E-state index contributed by atoms with van der Waals surface area (Å²) < 4.78 is 0. The van der Waals surface area contributed by atoms with E-state index in [0.29, 0.717) is 5.92 Å². The van der Waals surface area contributed by atoms with Crippen LogP contribution in [0.15, 0.2) is 54.6 Å². The van der Waals surface area contributed by atoms with Crippen molar-refractivity contribution >= 4 is 0 Å². The molecule has 1 saturated carbocycles. The van der Waals surface area contributed by atoms with Crippen LogP contribution in [-0.2, 0) is 0 Å². The lowest BCUT2D eigenvalue weighted by molar-refractivity contribution is 0.0163. The molecule has 2 aromatic carbocycles. The van der Waals surface area contributed by atoms with Crippen molar-refractivity contribution in [1.29, 1.82) is 0 Å². The van der Waals surface area contributed by atoms with E-state index in [-0.39, 0.29) is 0 Å². The molecule has 2 heteroatoms. The SMILES string of the molecule is OC(c1ccccc1)C(O)c1ccccc1C1CCC1. The smallest absolute Gasteiger partial charge is 0.109 e. The Kier molecular flexibility index (Phi) is 3.86. The van der Waals surface area contributed by atoms with E-state index in [1.165, 1.54) is 24.8 Å². The minimum atomic E-state index is -0.877. The molecule has 2 N–H and O–H groups in total. The second-order valence-corrected chi connectivity index (χ2v) is 5.56. The molecule has 1 fully saturated rings. The third-order valence-electron chi connectivity index (χ3n) is 4.30. The average molecular weight is 268 g/mol. The minimum absolute atomic E-state index is 0.545. The van der Waals surface area contributed by atoms with Crippen LogP contribution in [0.4, 0.5) is 0 Å². The van der Waals surface area contributed by atoms with Gasteiger partial charge in [-0.15, -0.1) is 0 Å². The van der Waals surface area contributed by atoms with Crippen molar-refractivity contribution in [2.75, 3.05) is 0 Å². The van der Waals surface area contributed by atoms with Gasteiger partial charge >= 0.3 is 0 Å². The number of rotatable bonds is 4. The van der Waals surface area contributed by atoms with Gasteiger partial charge in [-0.2, -0.15) is 0 Å². The monoisotopic (exact) mass is 268 g/mol. The Labute approximate surface area is 119 Å². The first-order valence-electron chi connectivity index (χ1n) is 7.27. The number of hydrogen-bond donors (Lipinski definition) is 2. The highest BCUT2D eigenvalue weighted by Gasteiger charge is 2.27. The molecule has 0 amide bonds. The van der Waals surface area contributed by atoms with E-state index in [4.69, 9.17) is 0 Å². The Bertz CT molecular complexity index is 561. The molecule has 104 valence electrons. The topological polar surface area (TPSA) is 40.5 Å². The lowest BCUT2D eigenvalue weighted by Crippen LogP contribution is -2.16. The molecule has 0 aromatic heterocycles. The zero-order valence-corrected chi connectivity index (χ0v) is 11.4. The maximum absolute atomic E-state index is 10.5. The van der Waals surface area contributed by atoms with Gasteiger partial charge < -0.3 is 10.2 Å². The van der Waals surface area contributed by atoms with Gasteiger partial charge in [0.15, 0.2) is 0 Å². The van der Waals surface area contributed by atoms with Gasteiger partial charge in [0.1, 0.15) is 12.2 Å². The molecular weight excluding hydrogens is 248 g/mol. The van der Waals surface area contributed by atoms with Crippen LogP contribution in [0.1, 0.15) is 54.1 Å². The lowest BCUT2D eigenvalue weighted by atomic mass is 9.77. The molecule has 0 aliphatic heterocycles. The lowest BCUT2D eigenvalue weighted by Gasteiger charge is -2.30. The van der Waals surface area contributed by atoms with Crippen molar-refractivity contribution in [2.24, 2.45) is 0 Å². The Morgan fingerprint density at radius 3 is 2.10 bits per heavy atom. The van der Waals surface area contributed by atoms with Crippen molar-refractivity contribution in [3.63, 3.8) is 0 Å². The summed E-state index contributed by atoms with van der Waals surface area (Å²) in [6.45, 7) is 0. The Morgan fingerprint density at radius 1 is 0.800 bits per heavy atom. The fourth-order valence-electron chi connectivity index (χ4n) is 2.87. The van der Waals surface area contributed by atoms with Crippen molar-refractivity contribution in [3.05, 3.63) is 71.3 Å². The van der Waals surface area contributed by atoms with Crippen molar-refractivity contribution in [1.82, 2.24) is 0 Å². The molecule has 2 nitrogen and oxygen atoms in total. The van der Waals surface area contributed by atoms with Crippen LogP contribution < -0.4 is 0 Å². The summed E-state index contributed by atoms with van der Waals surface area (Å²) in [5.41, 5.74) is 2.82. The second-order valence-electron chi connectivity index (χ2n) is 5.56. The molecule has 1 aliphatic rings. The third kappa shape index (κ3) is 2.49. The Balaban J connectivity index is 1.88. The van der Waals surface area contributed by atoms with E-state index < -0.39 is 12.2 Å². The largest absolute Gasteiger partial charge is 0.385 e. The van der Waals surface area contributed by atoms with Gasteiger partial charge in [-0.1, -0.05) is 61.0 Å². The zero-order chi connectivity index (χ0) is 13.9. The quantitative estimate of drug-likeness (QED) is 0.887. The van der Waals surface area contributed by atoms with Crippen molar-refractivity contribution < 1.29 is 10.2 Å². The molecule has 0 bridgehead atoms. The Hall–Kier alpha value is -1.64. The average Bonchev–Trinajstić information content (AvgIpc) is 2.45. The molecular formula is C18H20O2. The molecule has 2 atom stereocenters. The van der Waals surface area contributed by atoms with Gasteiger partial charge in [0, 0.05) is 0 Å². The molecule has 0 radical (unpaired) electrons. The number of aliphatic hydroxyl groups excluding tert-OH is 2. The van der Waals surface area contributed by atoms with Crippen LogP contribution in [-0.4, -0.2) is 10.2 Å². The van der Waals surface area contributed by atoms with Gasteiger partial charge in [-0.25, -0.2) is 0 Å². The van der Waals surface area contributed by atoms with E-state index in [1.807, 2.05) is 48.5 Å². The predicted molar refractivity (Wildman–Crippen MR) is 79.4 cm³/mol. The van der Waals surface area contributed by atoms with Gasteiger partial charge in [0.05, 0.1) is 0 Å². The second kappa shape index (κ2) is 5.78. The molecule has 2 unspecified atom stereocenters. The third-order valence-corrected chi connectivity index (χ3v) is 4.30. The molecule has 0 spiro atoms. The van der Waals surface area contributed by atoms with E-state index >= 15 is 0 Å². The summed E-state index contributed by atoms with van der Waals surface area (Å²) in [5, 5.41) is 20.9. The maximum Gasteiger partial charge on any atom is 0.109 e. The molecule has 20 heavy (non-hydrogen) atoms. The summed E-state index contributed by atoms with van der Waals surface area (Å²) in [6.07, 6.45) is 1.89. The standard InChI is InChI=1S/C18H20O2/c19-17(14-7-2-1-3-8-14)18(20)16-12-5-4-11-15(16)13-9-6-10-13/h1-5,7-8,11-13,17-20H,6,9-10H2. The zero-order valence-electron chi connectivity index (χ0n) is 11.4. The van der Waals surface area contributed by atoms with E-state index in [2.05, 4.69) is 6.07 Å². The summed E-state index contributed by atoms with van der Waals surface area (Å²) in [7, 11) is 0. The van der Waals surface area contributed by atoms with Gasteiger partial charge in [0.25, 0.3) is 0 Å². The highest BCUT2D eigenvalue weighted by molar-refractivity contribution is 5.35. The fourth-order valence-corrected chi connectivity index (χ4v) is 2.87. The van der Waals surface area contributed by atoms with Crippen LogP contribution in [0.2, 0.25) is 0 Å². The Morgan fingerprint density at radius 2 is 1.45 bits per heavy atom. The van der Waals surface area contributed by atoms with E-state index in [0.717, 1.165) is 11.1 Å². The summed E-state index contributed by atoms with van der Waals surface area (Å²) in [6, 6.07) is 17.3. The van der Waals surface area contributed by atoms with Crippen molar-refractivity contribution in [2.45, 2.75) is 37.4 Å². The van der Waals surface area contributed by atoms with Crippen LogP contribution in [0.3, 0.4) is 0 Å². The van der Waals surface area contributed by atoms with Crippen LogP contribution in [0.25, 0.3) is 0 Å². The minimum Gasteiger partial charge on any atom is -0.385 e. The molecule has 0 heterocycles. The van der Waals surface area contributed by atoms with E-state index in [9.17, 15) is 10.2 Å². The number of benzene rings is 2. The maximum atomic E-state index is 10.5. The molecule has 1 aliphatic carbocycles. The fraction of sp³-hybridized carbons (Fsp3) is 0.333. The molecule has 2 aromatic rings. The van der Waals surface area contributed by atoms with Crippen LogP contribution in [0.5, 0.6) is 0 Å². The number of hydrogen-bond acceptors (Lipinski definition) is 2. The first kappa shape index (κ1) is 13.3. The first-order valence-corrected chi connectivity index (χ1v) is 7.27. The normalized spacial score (nSPS) is 18.3. The van der Waals surface area contributed by atoms with Crippen LogP contribution in [0, 0.1) is 0 Å². The van der Waals surface area contributed by atoms with Crippen molar-refractivity contribution in [3.8, 4) is 0 Å². The van der Waals surface area contributed by atoms with Gasteiger partial charge in [-0.05, 0) is 35.4 Å². The first-order chi connectivity index (χ1) is 9.77. The van der Waals surface area contributed by atoms with E-state index in [1.54, 1.807) is 0 Å². The summed E-state index contributed by atoms with van der Waals surface area (Å²) in [4.78, 5) is 0.